The molecule has 0 aromatic heterocycles. The van der Waals surface area contributed by atoms with Crippen molar-refractivity contribution < 1.29 is 9.53 Å². The summed E-state index contributed by atoms with van der Waals surface area (Å²) in [5.74, 6) is 0.959. The van der Waals surface area contributed by atoms with Gasteiger partial charge in [0.15, 0.2) is 0 Å². The van der Waals surface area contributed by atoms with Gasteiger partial charge in [-0.15, -0.1) is 0 Å². The highest BCUT2D eigenvalue weighted by atomic mass is 16.5. The summed E-state index contributed by atoms with van der Waals surface area (Å²) < 4.78 is 5.17. The van der Waals surface area contributed by atoms with Crippen molar-refractivity contribution in [3.63, 3.8) is 0 Å². The molecule has 4 nitrogen and oxygen atoms in total. The Hall–Kier alpha value is -1.55. The van der Waals surface area contributed by atoms with Gasteiger partial charge in [-0.3, -0.25) is 4.79 Å². The average molecular weight is 288 g/mol. The van der Waals surface area contributed by atoms with E-state index in [-0.39, 0.29) is 11.4 Å². The molecule has 1 aliphatic heterocycles. The van der Waals surface area contributed by atoms with Crippen LogP contribution in [0.15, 0.2) is 24.3 Å². The van der Waals surface area contributed by atoms with E-state index in [0.29, 0.717) is 0 Å². The third-order valence-electron chi connectivity index (χ3n) is 4.91. The fourth-order valence-electron chi connectivity index (χ4n) is 3.71. The number of amides is 1. The van der Waals surface area contributed by atoms with Crippen molar-refractivity contribution in [2.45, 2.75) is 37.6 Å². The minimum atomic E-state index is 0.0352. The van der Waals surface area contributed by atoms with E-state index in [2.05, 4.69) is 10.2 Å². The molecular weight excluding hydrogens is 264 g/mol. The van der Waals surface area contributed by atoms with Gasteiger partial charge in [0.2, 0.25) is 0 Å². The summed E-state index contributed by atoms with van der Waals surface area (Å²) in [5.41, 5.74) is 0.802. The number of carbonyl (C=O) groups is 1. The molecule has 1 aromatic rings. The number of piperazine rings is 1. The molecule has 0 radical (unpaired) electrons. The van der Waals surface area contributed by atoms with Crippen LogP contribution in [0.3, 0.4) is 0 Å². The largest absolute Gasteiger partial charge is 0.497 e. The van der Waals surface area contributed by atoms with Gasteiger partial charge in [-0.25, -0.2) is 0 Å². The molecule has 0 bridgehead atoms. The summed E-state index contributed by atoms with van der Waals surface area (Å²) in [4.78, 5) is 15.1. The number of methoxy groups -OCH3 is 1. The van der Waals surface area contributed by atoms with Gasteiger partial charge in [0, 0.05) is 25.2 Å². The molecule has 1 aromatic carbocycles. The van der Waals surface area contributed by atoms with E-state index in [1.165, 1.54) is 19.3 Å². The summed E-state index contributed by atoms with van der Waals surface area (Å²) in [5, 5.41) is 3.49. The van der Waals surface area contributed by atoms with E-state index in [1.807, 2.05) is 24.3 Å². The van der Waals surface area contributed by atoms with Gasteiger partial charge in [-0.05, 0) is 37.1 Å². The number of nitrogens with zero attached hydrogens (tertiary/aromatic N) is 1. The molecule has 1 heterocycles. The lowest BCUT2D eigenvalue weighted by Crippen LogP contribution is -2.63. The van der Waals surface area contributed by atoms with E-state index in [0.717, 1.165) is 43.8 Å². The van der Waals surface area contributed by atoms with Crippen LogP contribution in [0.2, 0.25) is 0 Å². The minimum absolute atomic E-state index is 0.0352. The molecule has 2 fully saturated rings. The summed E-state index contributed by atoms with van der Waals surface area (Å²) in [6.45, 7) is 2.64. The predicted molar refractivity (Wildman–Crippen MR) is 82.7 cm³/mol. The first-order valence-electron chi connectivity index (χ1n) is 7.92. The summed E-state index contributed by atoms with van der Waals surface area (Å²) in [7, 11) is 1.64. The van der Waals surface area contributed by atoms with Gasteiger partial charge in [0.1, 0.15) is 5.75 Å². The van der Waals surface area contributed by atoms with Crippen LogP contribution < -0.4 is 10.1 Å². The second-order valence-corrected chi connectivity index (χ2v) is 6.15. The van der Waals surface area contributed by atoms with Crippen molar-refractivity contribution in [3.05, 3.63) is 29.8 Å². The number of benzene rings is 1. The molecule has 3 rings (SSSR count). The van der Waals surface area contributed by atoms with Crippen molar-refractivity contribution >= 4 is 5.91 Å². The topological polar surface area (TPSA) is 41.6 Å². The lowest BCUT2D eigenvalue weighted by Gasteiger charge is -2.49. The Bertz CT molecular complexity index is 484. The second kappa shape index (κ2) is 6.06. The standard InChI is InChI=1S/C17H24N2O2/c1-21-15-7-5-14(6-8-15)16(20)19-12-11-18-13-17(19)9-3-2-4-10-17/h5-8,18H,2-4,9-13H2,1H3. The van der Waals surface area contributed by atoms with Crippen LogP contribution in [-0.2, 0) is 0 Å². The number of carbonyl (C=O) groups excluding carboxylic acids is 1. The highest BCUT2D eigenvalue weighted by Crippen LogP contribution is 2.35. The van der Waals surface area contributed by atoms with E-state index in [9.17, 15) is 4.79 Å². The van der Waals surface area contributed by atoms with Crippen LogP contribution in [0.1, 0.15) is 42.5 Å². The summed E-state index contributed by atoms with van der Waals surface area (Å²) >= 11 is 0. The normalized spacial score (nSPS) is 21.3. The molecule has 1 spiro atoms. The molecule has 114 valence electrons. The number of nitrogens with one attached hydrogen (secondary N) is 1. The molecule has 1 N–H and O–H groups in total. The molecule has 4 heteroatoms. The quantitative estimate of drug-likeness (QED) is 0.909. The van der Waals surface area contributed by atoms with Gasteiger partial charge in [-0.1, -0.05) is 19.3 Å². The van der Waals surface area contributed by atoms with Gasteiger partial charge < -0.3 is 15.0 Å². The predicted octanol–water partition coefficient (Wildman–Crippen LogP) is 2.44. The van der Waals surface area contributed by atoms with Gasteiger partial charge >= 0.3 is 0 Å². The molecule has 1 amide bonds. The lowest BCUT2D eigenvalue weighted by atomic mass is 9.78. The van der Waals surface area contributed by atoms with Crippen LogP contribution in [0.4, 0.5) is 0 Å². The zero-order chi connectivity index (χ0) is 14.7. The zero-order valence-electron chi connectivity index (χ0n) is 12.7. The fourth-order valence-corrected chi connectivity index (χ4v) is 3.71. The highest BCUT2D eigenvalue weighted by Gasteiger charge is 2.42. The molecule has 1 aliphatic carbocycles. The summed E-state index contributed by atoms with van der Waals surface area (Å²) in [6.07, 6.45) is 6.01. The Morgan fingerprint density at radius 3 is 2.57 bits per heavy atom. The first-order valence-corrected chi connectivity index (χ1v) is 7.92. The van der Waals surface area contributed by atoms with Crippen LogP contribution in [0.5, 0.6) is 5.75 Å². The van der Waals surface area contributed by atoms with Crippen molar-refractivity contribution in [3.8, 4) is 5.75 Å². The van der Waals surface area contributed by atoms with E-state index >= 15 is 0 Å². The highest BCUT2D eigenvalue weighted by molar-refractivity contribution is 5.95. The molecule has 0 atom stereocenters. The number of hydrogen-bond acceptors (Lipinski definition) is 3. The van der Waals surface area contributed by atoms with E-state index in [1.54, 1.807) is 7.11 Å². The Balaban J connectivity index is 1.83. The van der Waals surface area contributed by atoms with Gasteiger partial charge in [-0.2, -0.15) is 0 Å². The van der Waals surface area contributed by atoms with Crippen molar-refractivity contribution in [2.24, 2.45) is 0 Å². The Morgan fingerprint density at radius 1 is 1.19 bits per heavy atom. The van der Waals surface area contributed by atoms with Crippen LogP contribution in [-0.4, -0.2) is 43.1 Å². The number of rotatable bonds is 2. The van der Waals surface area contributed by atoms with Crippen molar-refractivity contribution in [2.75, 3.05) is 26.7 Å². The number of hydrogen-bond donors (Lipinski definition) is 1. The Labute approximate surface area is 126 Å². The van der Waals surface area contributed by atoms with Crippen LogP contribution in [0.25, 0.3) is 0 Å². The molecule has 1 saturated carbocycles. The molecule has 2 aliphatic rings. The second-order valence-electron chi connectivity index (χ2n) is 6.15. The fraction of sp³-hybridized carbons (Fsp3) is 0.588. The maximum Gasteiger partial charge on any atom is 0.254 e. The third-order valence-corrected chi connectivity index (χ3v) is 4.91. The molecule has 21 heavy (non-hydrogen) atoms. The van der Waals surface area contributed by atoms with Crippen LogP contribution >= 0.6 is 0 Å². The SMILES string of the molecule is COc1ccc(C(=O)N2CCNCC23CCCCC3)cc1. The average Bonchev–Trinajstić information content (AvgIpc) is 2.55. The maximum absolute atomic E-state index is 12.9. The summed E-state index contributed by atoms with van der Waals surface area (Å²) in [6, 6.07) is 7.48. The third kappa shape index (κ3) is 2.77. The number of ether oxygens (including phenoxy) is 1. The Kier molecular flexibility index (Phi) is 4.15. The monoisotopic (exact) mass is 288 g/mol. The molecule has 0 unspecified atom stereocenters. The van der Waals surface area contributed by atoms with Gasteiger partial charge in [0.25, 0.3) is 5.91 Å². The zero-order valence-corrected chi connectivity index (χ0v) is 12.7. The molecule has 1 saturated heterocycles. The van der Waals surface area contributed by atoms with E-state index < -0.39 is 0 Å². The first-order chi connectivity index (χ1) is 10.2. The van der Waals surface area contributed by atoms with Crippen LogP contribution in [0, 0.1) is 0 Å². The molecular formula is C17H24N2O2. The minimum Gasteiger partial charge on any atom is -0.497 e. The Morgan fingerprint density at radius 2 is 1.90 bits per heavy atom. The maximum atomic E-state index is 12.9. The van der Waals surface area contributed by atoms with Crippen molar-refractivity contribution in [1.29, 1.82) is 0 Å². The van der Waals surface area contributed by atoms with Crippen molar-refractivity contribution in [1.82, 2.24) is 10.2 Å². The van der Waals surface area contributed by atoms with Gasteiger partial charge in [0.05, 0.1) is 12.6 Å². The first kappa shape index (κ1) is 14.4. The van der Waals surface area contributed by atoms with E-state index in [4.69, 9.17) is 4.74 Å². The lowest BCUT2D eigenvalue weighted by molar-refractivity contribution is 0.0222. The smallest absolute Gasteiger partial charge is 0.254 e.